The number of rotatable bonds is 5. The van der Waals surface area contributed by atoms with Crippen molar-refractivity contribution in [3.63, 3.8) is 0 Å². The van der Waals surface area contributed by atoms with Gasteiger partial charge in [-0.2, -0.15) is 0 Å². The van der Waals surface area contributed by atoms with Crippen molar-refractivity contribution in [3.8, 4) is 5.75 Å². The minimum Gasteiger partial charge on any atom is -0.489 e. The van der Waals surface area contributed by atoms with Gasteiger partial charge in [0, 0.05) is 29.2 Å². The lowest BCUT2D eigenvalue weighted by Gasteiger charge is -2.18. The first kappa shape index (κ1) is 17.6. The van der Waals surface area contributed by atoms with E-state index in [0.717, 1.165) is 23.7 Å². The summed E-state index contributed by atoms with van der Waals surface area (Å²) in [5.74, 6) is -0.243. The molecule has 0 bridgehead atoms. The number of aromatic amines is 1. The number of para-hydroxylation sites is 1. The van der Waals surface area contributed by atoms with Crippen molar-refractivity contribution in [2.45, 2.75) is 25.7 Å². The Morgan fingerprint density at radius 1 is 1.19 bits per heavy atom. The lowest BCUT2D eigenvalue weighted by molar-refractivity contribution is 0.0773. The third-order valence-electron chi connectivity index (χ3n) is 5.21. The largest absolute Gasteiger partial charge is 0.489 e. The molecule has 1 aromatic heterocycles. The number of amides is 1. The predicted octanol–water partition coefficient (Wildman–Crippen LogP) is 4.34. The van der Waals surface area contributed by atoms with Crippen LogP contribution in [0.5, 0.6) is 5.75 Å². The van der Waals surface area contributed by atoms with Gasteiger partial charge in [-0.3, -0.25) is 4.79 Å². The number of likely N-dealkylation sites (N-methyl/N-ethyl adjacent to an activating group) is 1. The molecule has 0 atom stereocenters. The van der Waals surface area contributed by atoms with Crippen LogP contribution < -0.4 is 4.74 Å². The van der Waals surface area contributed by atoms with Crippen LogP contribution in [-0.2, 0) is 12.8 Å². The first-order chi connectivity index (χ1) is 13.1. The zero-order valence-electron chi connectivity index (χ0n) is 15.4. The predicted molar refractivity (Wildman–Crippen MR) is 104 cm³/mol. The summed E-state index contributed by atoms with van der Waals surface area (Å²) in [5, 5.41) is 1.16. The monoisotopic (exact) mass is 366 g/mol. The van der Waals surface area contributed by atoms with E-state index in [1.54, 1.807) is 30.1 Å². The molecule has 1 aliphatic rings. The Morgan fingerprint density at radius 2 is 2.00 bits per heavy atom. The molecule has 1 heterocycles. The maximum absolute atomic E-state index is 13.6. The molecule has 3 aromatic rings. The summed E-state index contributed by atoms with van der Waals surface area (Å²) in [5.41, 5.74) is 4.44. The molecule has 0 unspecified atom stereocenters. The topological polar surface area (TPSA) is 45.3 Å². The highest BCUT2D eigenvalue weighted by molar-refractivity contribution is 5.99. The zero-order chi connectivity index (χ0) is 18.8. The van der Waals surface area contributed by atoms with Crippen molar-refractivity contribution in [2.75, 3.05) is 20.2 Å². The lowest BCUT2D eigenvalue weighted by atomic mass is 9.95. The van der Waals surface area contributed by atoms with E-state index >= 15 is 0 Å². The van der Waals surface area contributed by atoms with Crippen molar-refractivity contribution in [2.24, 2.45) is 0 Å². The van der Waals surface area contributed by atoms with Crippen LogP contribution in [0.15, 0.2) is 42.5 Å². The van der Waals surface area contributed by atoms with E-state index in [0.29, 0.717) is 12.1 Å². The van der Waals surface area contributed by atoms with Crippen molar-refractivity contribution < 1.29 is 13.9 Å². The number of ether oxygens (including phenoxy) is 1. The second kappa shape index (κ2) is 7.43. The molecule has 1 N–H and O–H groups in total. The van der Waals surface area contributed by atoms with Crippen LogP contribution in [0.25, 0.3) is 10.9 Å². The highest BCUT2D eigenvalue weighted by Gasteiger charge is 2.18. The Hall–Kier alpha value is -2.82. The van der Waals surface area contributed by atoms with E-state index in [2.05, 4.69) is 4.98 Å². The molecular formula is C22H23FN2O2. The van der Waals surface area contributed by atoms with Gasteiger partial charge >= 0.3 is 0 Å². The molecular weight excluding hydrogens is 343 g/mol. The van der Waals surface area contributed by atoms with Crippen LogP contribution in [0.4, 0.5) is 4.39 Å². The molecule has 1 amide bonds. The minimum absolute atomic E-state index is 0.0557. The Morgan fingerprint density at radius 3 is 2.85 bits per heavy atom. The van der Waals surface area contributed by atoms with E-state index in [1.807, 2.05) is 18.2 Å². The van der Waals surface area contributed by atoms with E-state index < -0.39 is 5.82 Å². The molecule has 1 aliphatic carbocycles. The van der Waals surface area contributed by atoms with E-state index in [4.69, 9.17) is 4.74 Å². The van der Waals surface area contributed by atoms with Crippen LogP contribution in [0.2, 0.25) is 0 Å². The molecule has 0 fully saturated rings. The third-order valence-corrected chi connectivity index (χ3v) is 5.21. The van der Waals surface area contributed by atoms with Crippen LogP contribution in [0.1, 0.15) is 34.5 Å². The van der Waals surface area contributed by atoms with Crippen LogP contribution in [-0.4, -0.2) is 36.0 Å². The Balaban J connectivity index is 1.44. The number of benzene rings is 2. The number of carbonyl (C=O) groups is 1. The Bertz CT molecular complexity index is 980. The summed E-state index contributed by atoms with van der Waals surface area (Å²) in [4.78, 5) is 17.9. The molecule has 4 nitrogen and oxygen atoms in total. The first-order valence-corrected chi connectivity index (χ1v) is 9.40. The highest BCUT2D eigenvalue weighted by Crippen LogP contribution is 2.30. The standard InChI is InChI=1S/C22H23FN2O2/c1-25(12-13-27-21-9-5-3-7-18(21)23)22(26)15-10-11-20-17(14-15)16-6-2-4-8-19(16)24-20/h3,5,7,9-11,14,24H,2,4,6,8,12-13H2,1H3. The summed E-state index contributed by atoms with van der Waals surface area (Å²) in [6.45, 7) is 0.626. The quantitative estimate of drug-likeness (QED) is 0.730. The second-order valence-electron chi connectivity index (χ2n) is 7.06. The summed E-state index contributed by atoms with van der Waals surface area (Å²) in [6, 6.07) is 12.1. The molecule has 0 radical (unpaired) electrons. The summed E-state index contributed by atoms with van der Waals surface area (Å²) in [6.07, 6.45) is 4.57. The van der Waals surface area contributed by atoms with Gasteiger partial charge in [-0.05, 0) is 61.6 Å². The van der Waals surface area contributed by atoms with Crippen LogP contribution >= 0.6 is 0 Å². The zero-order valence-corrected chi connectivity index (χ0v) is 15.4. The van der Waals surface area contributed by atoms with Crippen molar-refractivity contribution in [1.82, 2.24) is 9.88 Å². The molecule has 140 valence electrons. The average Bonchev–Trinajstić information content (AvgIpc) is 3.06. The van der Waals surface area contributed by atoms with E-state index in [1.165, 1.54) is 30.2 Å². The number of hydrogen-bond acceptors (Lipinski definition) is 2. The molecule has 0 aliphatic heterocycles. The van der Waals surface area contributed by atoms with Crippen LogP contribution in [0.3, 0.4) is 0 Å². The van der Waals surface area contributed by atoms with Gasteiger partial charge in [0.1, 0.15) is 6.61 Å². The summed E-state index contributed by atoms with van der Waals surface area (Å²) < 4.78 is 19.0. The fourth-order valence-electron chi connectivity index (χ4n) is 3.72. The van der Waals surface area contributed by atoms with Gasteiger partial charge in [-0.15, -0.1) is 0 Å². The van der Waals surface area contributed by atoms with Crippen molar-refractivity contribution >= 4 is 16.8 Å². The van der Waals surface area contributed by atoms with Crippen LogP contribution in [0, 0.1) is 5.82 Å². The fourth-order valence-corrected chi connectivity index (χ4v) is 3.72. The number of nitrogens with one attached hydrogen (secondary N) is 1. The first-order valence-electron chi connectivity index (χ1n) is 9.40. The Labute approximate surface area is 157 Å². The smallest absolute Gasteiger partial charge is 0.253 e. The van der Waals surface area contributed by atoms with Gasteiger partial charge in [-0.1, -0.05) is 12.1 Å². The molecule has 4 rings (SSSR count). The molecule has 0 saturated heterocycles. The Kier molecular flexibility index (Phi) is 4.84. The van der Waals surface area contributed by atoms with Crippen molar-refractivity contribution in [1.29, 1.82) is 0 Å². The molecule has 27 heavy (non-hydrogen) atoms. The third kappa shape index (κ3) is 3.54. The van der Waals surface area contributed by atoms with Gasteiger partial charge in [-0.25, -0.2) is 4.39 Å². The van der Waals surface area contributed by atoms with Gasteiger partial charge in [0.05, 0.1) is 6.54 Å². The lowest BCUT2D eigenvalue weighted by Crippen LogP contribution is -2.30. The molecule has 0 saturated carbocycles. The van der Waals surface area contributed by atoms with Gasteiger partial charge in [0.2, 0.25) is 0 Å². The molecule has 0 spiro atoms. The number of H-pyrrole nitrogens is 1. The molecule has 5 heteroatoms. The van der Waals surface area contributed by atoms with E-state index in [-0.39, 0.29) is 18.3 Å². The maximum Gasteiger partial charge on any atom is 0.253 e. The van der Waals surface area contributed by atoms with Gasteiger partial charge in [0.15, 0.2) is 11.6 Å². The summed E-state index contributed by atoms with van der Waals surface area (Å²) in [7, 11) is 1.74. The normalized spacial score (nSPS) is 13.4. The maximum atomic E-state index is 13.6. The van der Waals surface area contributed by atoms with Gasteiger partial charge in [0.25, 0.3) is 5.91 Å². The number of carbonyl (C=O) groups excluding carboxylic acids is 1. The summed E-state index contributed by atoms with van der Waals surface area (Å²) >= 11 is 0. The highest BCUT2D eigenvalue weighted by atomic mass is 19.1. The van der Waals surface area contributed by atoms with Crippen molar-refractivity contribution in [3.05, 3.63) is 65.1 Å². The minimum atomic E-state index is -0.394. The number of halogens is 1. The fraction of sp³-hybridized carbons (Fsp3) is 0.318. The van der Waals surface area contributed by atoms with Gasteiger partial charge < -0.3 is 14.6 Å². The number of fused-ring (bicyclic) bond motifs is 3. The second-order valence-corrected chi connectivity index (χ2v) is 7.06. The van der Waals surface area contributed by atoms with E-state index in [9.17, 15) is 9.18 Å². The number of aromatic nitrogens is 1. The molecule has 2 aromatic carbocycles. The number of nitrogens with zero attached hydrogens (tertiary/aromatic N) is 1. The SMILES string of the molecule is CN(CCOc1ccccc1F)C(=O)c1ccc2[nH]c3c(c2c1)CCCC3. The average molecular weight is 366 g/mol. The number of aryl methyl sites for hydroxylation is 2. The number of hydrogen-bond donors (Lipinski definition) is 1.